The Hall–Kier alpha value is -1.92. The van der Waals surface area contributed by atoms with Gasteiger partial charge in [-0.3, -0.25) is 4.90 Å². The lowest BCUT2D eigenvalue weighted by Gasteiger charge is -2.21. The van der Waals surface area contributed by atoms with Crippen molar-refractivity contribution in [1.29, 1.82) is 0 Å². The fourth-order valence-electron chi connectivity index (χ4n) is 2.82. The monoisotopic (exact) mass is 316 g/mol. The first-order valence-electron chi connectivity index (χ1n) is 8.12. The molecule has 1 atom stereocenters. The van der Waals surface area contributed by atoms with Crippen LogP contribution in [0.15, 0.2) is 36.5 Å². The maximum absolute atomic E-state index is 10.8. The normalized spacial score (nSPS) is 21.9. The van der Waals surface area contributed by atoms with Gasteiger partial charge in [0.05, 0.1) is 6.20 Å². The van der Waals surface area contributed by atoms with Gasteiger partial charge in [-0.15, -0.1) is 5.10 Å². The summed E-state index contributed by atoms with van der Waals surface area (Å²) in [6.45, 7) is 6.90. The van der Waals surface area contributed by atoms with Crippen molar-refractivity contribution in [2.45, 2.75) is 31.9 Å². The third-order valence-corrected chi connectivity index (χ3v) is 4.26. The maximum atomic E-state index is 10.8. The van der Waals surface area contributed by atoms with Gasteiger partial charge in [-0.25, -0.2) is 4.68 Å². The molecule has 1 N–H and O–H groups in total. The van der Waals surface area contributed by atoms with Crippen LogP contribution in [-0.2, 0) is 5.60 Å². The summed E-state index contributed by atoms with van der Waals surface area (Å²) in [5.41, 5.74) is -0.238. The zero-order chi connectivity index (χ0) is 16.3. The first-order chi connectivity index (χ1) is 11.1. The first kappa shape index (κ1) is 16.0. The molecule has 2 heterocycles. The number of aliphatic hydroxyl groups is 1. The SMILES string of the molecule is CC(C)n1cc([C@]2(O)CCN(CCOc3ccccc3)C2)nn1. The summed E-state index contributed by atoms with van der Waals surface area (Å²) < 4.78 is 7.51. The summed E-state index contributed by atoms with van der Waals surface area (Å²) in [5, 5.41) is 19.1. The van der Waals surface area contributed by atoms with Crippen LogP contribution in [0.3, 0.4) is 0 Å². The Kier molecular flexibility index (Phi) is 4.63. The minimum Gasteiger partial charge on any atom is -0.492 e. The molecule has 2 aromatic rings. The molecule has 23 heavy (non-hydrogen) atoms. The molecule has 124 valence electrons. The molecular weight excluding hydrogens is 292 g/mol. The Morgan fingerprint density at radius 2 is 2.09 bits per heavy atom. The molecule has 1 fully saturated rings. The van der Waals surface area contributed by atoms with E-state index in [1.54, 1.807) is 4.68 Å². The molecule has 1 aromatic carbocycles. The Morgan fingerprint density at radius 1 is 1.30 bits per heavy atom. The van der Waals surface area contributed by atoms with Crippen molar-refractivity contribution in [3.05, 3.63) is 42.2 Å². The van der Waals surface area contributed by atoms with E-state index in [0.29, 0.717) is 25.3 Å². The standard InChI is InChI=1S/C17H24N4O2/c1-14(2)21-12-16(18-19-21)17(22)8-9-20(13-17)10-11-23-15-6-4-3-5-7-15/h3-7,12,14,22H,8-11,13H2,1-2H3/t17-/m0/s1. The molecule has 0 unspecified atom stereocenters. The number of aromatic nitrogens is 3. The zero-order valence-electron chi connectivity index (χ0n) is 13.7. The fourth-order valence-corrected chi connectivity index (χ4v) is 2.82. The predicted octanol–water partition coefficient (Wildman–Crippen LogP) is 1.83. The number of hydrogen-bond acceptors (Lipinski definition) is 5. The Balaban J connectivity index is 1.52. The highest BCUT2D eigenvalue weighted by atomic mass is 16.5. The third-order valence-electron chi connectivity index (χ3n) is 4.26. The number of β-amino-alcohol motifs (C(OH)–C–C–N with tert-alkyl or cyclic N) is 1. The van der Waals surface area contributed by atoms with Crippen molar-refractivity contribution in [2.75, 3.05) is 26.2 Å². The van der Waals surface area contributed by atoms with Gasteiger partial charge in [-0.05, 0) is 32.4 Å². The Bertz CT molecular complexity index is 629. The second-order valence-electron chi connectivity index (χ2n) is 6.40. The van der Waals surface area contributed by atoms with E-state index in [1.807, 2.05) is 50.4 Å². The number of hydrogen-bond donors (Lipinski definition) is 1. The molecule has 6 nitrogen and oxygen atoms in total. The Labute approximate surface area is 136 Å². The van der Waals surface area contributed by atoms with Crippen LogP contribution in [0.25, 0.3) is 0 Å². The van der Waals surface area contributed by atoms with E-state index in [2.05, 4.69) is 15.2 Å². The highest BCUT2D eigenvalue weighted by molar-refractivity contribution is 5.20. The molecule has 0 radical (unpaired) electrons. The van der Waals surface area contributed by atoms with Crippen molar-refractivity contribution in [1.82, 2.24) is 19.9 Å². The van der Waals surface area contributed by atoms with E-state index in [0.717, 1.165) is 18.8 Å². The minimum atomic E-state index is -0.903. The fraction of sp³-hybridized carbons (Fsp3) is 0.529. The number of rotatable bonds is 6. The van der Waals surface area contributed by atoms with Crippen LogP contribution >= 0.6 is 0 Å². The summed E-state index contributed by atoms with van der Waals surface area (Å²) >= 11 is 0. The van der Waals surface area contributed by atoms with Crippen LogP contribution in [0.1, 0.15) is 32.0 Å². The van der Waals surface area contributed by atoms with Gasteiger partial charge in [0.25, 0.3) is 0 Å². The molecule has 0 amide bonds. The van der Waals surface area contributed by atoms with Crippen molar-refractivity contribution < 1.29 is 9.84 Å². The van der Waals surface area contributed by atoms with Gasteiger partial charge in [0.2, 0.25) is 0 Å². The summed E-state index contributed by atoms with van der Waals surface area (Å²) in [6, 6.07) is 10.0. The second kappa shape index (κ2) is 6.68. The van der Waals surface area contributed by atoms with Gasteiger partial charge in [-0.1, -0.05) is 23.4 Å². The number of benzene rings is 1. The van der Waals surface area contributed by atoms with Crippen LogP contribution in [-0.4, -0.2) is 51.2 Å². The van der Waals surface area contributed by atoms with Crippen molar-refractivity contribution in [3.8, 4) is 5.75 Å². The van der Waals surface area contributed by atoms with E-state index in [1.165, 1.54) is 0 Å². The first-order valence-corrected chi connectivity index (χ1v) is 8.12. The quantitative estimate of drug-likeness (QED) is 0.881. The topological polar surface area (TPSA) is 63.4 Å². The van der Waals surface area contributed by atoms with Crippen molar-refractivity contribution >= 4 is 0 Å². The van der Waals surface area contributed by atoms with Crippen LogP contribution < -0.4 is 4.74 Å². The Morgan fingerprint density at radius 3 is 2.78 bits per heavy atom. The van der Waals surface area contributed by atoms with Crippen molar-refractivity contribution in [2.24, 2.45) is 0 Å². The number of para-hydroxylation sites is 1. The minimum absolute atomic E-state index is 0.247. The van der Waals surface area contributed by atoms with E-state index >= 15 is 0 Å². The molecule has 1 aliphatic rings. The highest BCUT2D eigenvalue weighted by Gasteiger charge is 2.40. The van der Waals surface area contributed by atoms with E-state index < -0.39 is 5.60 Å². The summed E-state index contributed by atoms with van der Waals surface area (Å²) in [4.78, 5) is 2.21. The molecule has 0 spiro atoms. The second-order valence-corrected chi connectivity index (χ2v) is 6.40. The molecule has 1 aromatic heterocycles. The molecule has 1 aliphatic heterocycles. The lowest BCUT2D eigenvalue weighted by molar-refractivity contribution is 0.0403. The van der Waals surface area contributed by atoms with Gasteiger partial charge >= 0.3 is 0 Å². The number of ether oxygens (including phenoxy) is 1. The number of likely N-dealkylation sites (tertiary alicyclic amines) is 1. The van der Waals surface area contributed by atoms with Gasteiger partial charge in [0.1, 0.15) is 23.7 Å². The average Bonchev–Trinajstić information content (AvgIpc) is 3.17. The molecular formula is C17H24N4O2. The zero-order valence-corrected chi connectivity index (χ0v) is 13.7. The third kappa shape index (κ3) is 3.71. The van der Waals surface area contributed by atoms with Gasteiger partial charge in [-0.2, -0.15) is 0 Å². The summed E-state index contributed by atoms with van der Waals surface area (Å²) in [7, 11) is 0. The lowest BCUT2D eigenvalue weighted by Crippen LogP contribution is -2.33. The molecule has 1 saturated heterocycles. The molecule has 3 rings (SSSR count). The van der Waals surface area contributed by atoms with E-state index in [9.17, 15) is 5.11 Å². The van der Waals surface area contributed by atoms with E-state index in [4.69, 9.17) is 4.74 Å². The van der Waals surface area contributed by atoms with Gasteiger partial charge in [0.15, 0.2) is 0 Å². The van der Waals surface area contributed by atoms with E-state index in [-0.39, 0.29) is 6.04 Å². The van der Waals surface area contributed by atoms with Crippen LogP contribution in [0.5, 0.6) is 5.75 Å². The predicted molar refractivity (Wildman–Crippen MR) is 87.3 cm³/mol. The average molecular weight is 316 g/mol. The van der Waals surface area contributed by atoms with Crippen molar-refractivity contribution in [3.63, 3.8) is 0 Å². The lowest BCUT2D eigenvalue weighted by atomic mass is 10.00. The maximum Gasteiger partial charge on any atom is 0.124 e. The highest BCUT2D eigenvalue weighted by Crippen LogP contribution is 2.30. The molecule has 6 heteroatoms. The molecule has 0 saturated carbocycles. The number of nitrogens with zero attached hydrogens (tertiary/aromatic N) is 4. The largest absolute Gasteiger partial charge is 0.492 e. The van der Waals surface area contributed by atoms with Gasteiger partial charge in [0, 0.05) is 25.7 Å². The molecule has 0 bridgehead atoms. The molecule has 0 aliphatic carbocycles. The van der Waals surface area contributed by atoms with Gasteiger partial charge < -0.3 is 9.84 Å². The smallest absolute Gasteiger partial charge is 0.124 e. The van der Waals surface area contributed by atoms with Crippen LogP contribution in [0, 0.1) is 0 Å². The van der Waals surface area contributed by atoms with Crippen LogP contribution in [0.2, 0.25) is 0 Å². The summed E-state index contributed by atoms with van der Waals surface area (Å²) in [5.74, 6) is 0.877. The van der Waals surface area contributed by atoms with Crippen LogP contribution in [0.4, 0.5) is 0 Å². The summed E-state index contributed by atoms with van der Waals surface area (Å²) in [6.07, 6.45) is 2.53.